The van der Waals surface area contributed by atoms with Gasteiger partial charge in [-0.2, -0.15) is 13.2 Å². The third-order valence-electron chi connectivity index (χ3n) is 5.08. The number of benzene rings is 1. The smallest absolute Gasteiger partial charge is 0.332 e. The van der Waals surface area contributed by atoms with E-state index in [1.54, 1.807) is 18.2 Å². The van der Waals surface area contributed by atoms with Crippen LogP contribution in [0.5, 0.6) is 0 Å². The average molecular weight is 457 g/mol. The Kier molecular flexibility index (Phi) is 5.35. The van der Waals surface area contributed by atoms with Gasteiger partial charge >= 0.3 is 6.18 Å². The maximum absolute atomic E-state index is 13.6. The predicted molar refractivity (Wildman–Crippen MR) is 107 cm³/mol. The Morgan fingerprint density at radius 1 is 1.23 bits per heavy atom. The minimum absolute atomic E-state index is 0.0340. The van der Waals surface area contributed by atoms with E-state index in [2.05, 4.69) is 4.98 Å². The molecule has 1 aliphatic heterocycles. The first-order valence-corrected chi connectivity index (χ1v) is 11.9. The zero-order valence-electron chi connectivity index (χ0n) is 15.7. The lowest BCUT2D eigenvalue weighted by molar-refractivity contribution is -0.148. The number of hydrogen-bond donors (Lipinski definition) is 0. The maximum Gasteiger partial charge on any atom is 0.449 e. The minimum atomic E-state index is -4.73. The number of sulfone groups is 1. The molecule has 0 saturated carbocycles. The SMILES string of the molecule is O=C(Cn1c(C(F)(F)F)nc2ccccc21)N(Cc1cccs1)C1CCS(=O)(=O)C1. The van der Waals surface area contributed by atoms with Gasteiger partial charge in [0, 0.05) is 10.9 Å². The minimum Gasteiger partial charge on any atom is -0.332 e. The Labute approximate surface area is 174 Å². The van der Waals surface area contributed by atoms with E-state index in [0.29, 0.717) is 0 Å². The molecular weight excluding hydrogens is 439 g/mol. The molecule has 0 aliphatic carbocycles. The van der Waals surface area contributed by atoms with E-state index in [-0.39, 0.29) is 35.5 Å². The van der Waals surface area contributed by atoms with E-state index in [4.69, 9.17) is 0 Å². The van der Waals surface area contributed by atoms with Crippen LogP contribution in [0, 0.1) is 0 Å². The van der Waals surface area contributed by atoms with Crippen molar-refractivity contribution in [3.8, 4) is 0 Å². The highest BCUT2D eigenvalue weighted by molar-refractivity contribution is 7.91. The molecule has 3 aromatic rings. The van der Waals surface area contributed by atoms with Gasteiger partial charge in [-0.15, -0.1) is 11.3 Å². The van der Waals surface area contributed by atoms with Gasteiger partial charge in [-0.3, -0.25) is 4.79 Å². The van der Waals surface area contributed by atoms with Crippen molar-refractivity contribution in [3.05, 3.63) is 52.5 Å². The molecule has 0 bridgehead atoms. The summed E-state index contributed by atoms with van der Waals surface area (Å²) in [6.07, 6.45) is -4.45. The monoisotopic (exact) mass is 457 g/mol. The lowest BCUT2D eigenvalue weighted by Gasteiger charge is -2.28. The second-order valence-corrected chi connectivity index (χ2v) is 10.4. The summed E-state index contributed by atoms with van der Waals surface area (Å²) < 4.78 is 65.4. The molecule has 1 aromatic carbocycles. The van der Waals surface area contributed by atoms with Gasteiger partial charge in [-0.05, 0) is 30.0 Å². The number of fused-ring (bicyclic) bond motifs is 1. The first kappa shape index (κ1) is 20.9. The number of carbonyl (C=O) groups is 1. The first-order chi connectivity index (χ1) is 14.1. The lowest BCUT2D eigenvalue weighted by Crippen LogP contribution is -2.42. The van der Waals surface area contributed by atoms with E-state index in [1.807, 2.05) is 11.4 Å². The number of carbonyl (C=O) groups excluding carboxylic acids is 1. The Morgan fingerprint density at radius 3 is 2.63 bits per heavy atom. The number of halogens is 3. The molecular formula is C19H18F3N3O3S2. The van der Waals surface area contributed by atoms with E-state index < -0.39 is 40.3 Å². The summed E-state index contributed by atoms with van der Waals surface area (Å²) in [4.78, 5) is 19.1. The quantitative estimate of drug-likeness (QED) is 0.589. The van der Waals surface area contributed by atoms with Gasteiger partial charge in [-0.1, -0.05) is 18.2 Å². The highest BCUT2D eigenvalue weighted by Crippen LogP contribution is 2.32. The topological polar surface area (TPSA) is 72.3 Å². The molecule has 30 heavy (non-hydrogen) atoms. The largest absolute Gasteiger partial charge is 0.449 e. The van der Waals surface area contributed by atoms with Crippen LogP contribution in [-0.2, 0) is 33.9 Å². The predicted octanol–water partition coefficient (Wildman–Crippen LogP) is 3.33. The van der Waals surface area contributed by atoms with Crippen LogP contribution in [0.25, 0.3) is 11.0 Å². The first-order valence-electron chi connectivity index (χ1n) is 9.19. The second-order valence-electron chi connectivity index (χ2n) is 7.17. The van der Waals surface area contributed by atoms with Crippen molar-refractivity contribution in [2.45, 2.75) is 31.7 Å². The van der Waals surface area contributed by atoms with Gasteiger partial charge < -0.3 is 9.47 Å². The summed E-state index contributed by atoms with van der Waals surface area (Å²) in [6, 6.07) is 9.15. The Hall–Kier alpha value is -2.40. The molecule has 0 N–H and O–H groups in total. The number of nitrogens with zero attached hydrogens (tertiary/aromatic N) is 3. The molecule has 0 radical (unpaired) electrons. The Bertz CT molecular complexity index is 1170. The van der Waals surface area contributed by atoms with Crippen LogP contribution in [0.15, 0.2) is 41.8 Å². The van der Waals surface area contributed by atoms with E-state index in [0.717, 1.165) is 9.44 Å². The van der Waals surface area contributed by atoms with E-state index in [1.165, 1.54) is 28.4 Å². The van der Waals surface area contributed by atoms with Crippen LogP contribution < -0.4 is 0 Å². The van der Waals surface area contributed by atoms with Gasteiger partial charge in [0.15, 0.2) is 9.84 Å². The summed E-state index contributed by atoms with van der Waals surface area (Å²) in [5.41, 5.74) is 0.346. The van der Waals surface area contributed by atoms with Crippen LogP contribution >= 0.6 is 11.3 Å². The highest BCUT2D eigenvalue weighted by Gasteiger charge is 2.39. The molecule has 6 nitrogen and oxygen atoms in total. The van der Waals surface area contributed by atoms with Crippen LogP contribution in [0.1, 0.15) is 17.1 Å². The molecule has 1 unspecified atom stereocenters. The van der Waals surface area contributed by atoms with Crippen molar-refractivity contribution in [2.24, 2.45) is 0 Å². The summed E-state index contributed by atoms with van der Waals surface area (Å²) in [6.45, 7) is -0.415. The van der Waals surface area contributed by atoms with Gasteiger partial charge in [0.25, 0.3) is 0 Å². The number of thiophene rings is 1. The third kappa shape index (κ3) is 4.22. The zero-order chi connectivity index (χ0) is 21.5. The molecule has 3 heterocycles. The Morgan fingerprint density at radius 2 is 2.00 bits per heavy atom. The molecule has 1 aliphatic rings. The standard InChI is InChI=1S/C19H18F3N3O3S2/c20-19(21,22)18-23-15-5-1-2-6-16(15)25(18)11-17(26)24(10-14-4-3-8-29-14)13-7-9-30(27,28)12-13/h1-6,8,13H,7,9-12H2. The Balaban J connectivity index is 1.69. The number of amides is 1. The fourth-order valence-corrected chi connectivity index (χ4v) is 6.12. The zero-order valence-corrected chi connectivity index (χ0v) is 17.3. The van der Waals surface area contributed by atoms with Crippen molar-refractivity contribution in [1.82, 2.24) is 14.5 Å². The van der Waals surface area contributed by atoms with Crippen molar-refractivity contribution < 1.29 is 26.4 Å². The van der Waals surface area contributed by atoms with Gasteiger partial charge in [0.05, 0.1) is 29.1 Å². The number of hydrogen-bond acceptors (Lipinski definition) is 5. The van der Waals surface area contributed by atoms with Crippen molar-refractivity contribution in [3.63, 3.8) is 0 Å². The molecule has 0 spiro atoms. The van der Waals surface area contributed by atoms with Crippen molar-refractivity contribution >= 4 is 38.1 Å². The second kappa shape index (κ2) is 7.69. The average Bonchev–Trinajstić information content (AvgIpc) is 3.38. The third-order valence-corrected chi connectivity index (χ3v) is 7.69. The van der Waals surface area contributed by atoms with E-state index in [9.17, 15) is 26.4 Å². The normalized spacial score (nSPS) is 18.7. The summed E-state index contributed by atoms with van der Waals surface area (Å²) in [5.74, 6) is -1.93. The molecule has 2 aromatic heterocycles. The number of rotatable bonds is 5. The van der Waals surface area contributed by atoms with Gasteiger partial charge in [0.1, 0.15) is 6.54 Å². The molecule has 11 heteroatoms. The lowest BCUT2D eigenvalue weighted by atomic mass is 10.2. The molecule has 1 fully saturated rings. The van der Waals surface area contributed by atoms with Crippen LogP contribution in [0.2, 0.25) is 0 Å². The fourth-order valence-electron chi connectivity index (χ4n) is 3.69. The number of aromatic nitrogens is 2. The molecule has 1 amide bonds. The van der Waals surface area contributed by atoms with Gasteiger partial charge in [0.2, 0.25) is 11.7 Å². The van der Waals surface area contributed by atoms with Crippen LogP contribution in [0.3, 0.4) is 0 Å². The van der Waals surface area contributed by atoms with Crippen molar-refractivity contribution in [2.75, 3.05) is 11.5 Å². The number of para-hydroxylation sites is 2. The maximum atomic E-state index is 13.6. The molecule has 1 saturated heterocycles. The van der Waals surface area contributed by atoms with E-state index >= 15 is 0 Å². The summed E-state index contributed by atoms with van der Waals surface area (Å²) >= 11 is 1.40. The molecule has 160 valence electrons. The number of imidazole rings is 1. The van der Waals surface area contributed by atoms with Crippen LogP contribution in [0.4, 0.5) is 13.2 Å². The van der Waals surface area contributed by atoms with Crippen LogP contribution in [-0.4, -0.2) is 46.3 Å². The molecule has 4 rings (SSSR count). The fraction of sp³-hybridized carbons (Fsp3) is 0.368. The molecule has 1 atom stereocenters. The van der Waals surface area contributed by atoms with Crippen molar-refractivity contribution in [1.29, 1.82) is 0 Å². The number of alkyl halides is 3. The highest BCUT2D eigenvalue weighted by atomic mass is 32.2. The summed E-state index contributed by atoms with van der Waals surface area (Å²) in [7, 11) is -3.27. The summed E-state index contributed by atoms with van der Waals surface area (Å²) in [5, 5.41) is 1.83. The van der Waals surface area contributed by atoms with Gasteiger partial charge in [-0.25, -0.2) is 13.4 Å².